The van der Waals surface area contributed by atoms with Crippen molar-refractivity contribution < 1.29 is 4.79 Å². The molecular weight excluding hydrogens is 481 g/mol. The molecule has 2 aliphatic heterocycles. The Bertz CT molecular complexity index is 1310. The molecule has 6 nitrogen and oxygen atoms in total. The molecule has 6 rings (SSSR count). The summed E-state index contributed by atoms with van der Waals surface area (Å²) in [5.74, 6) is 0.430. The van der Waals surface area contributed by atoms with Gasteiger partial charge in [0.2, 0.25) is 11.9 Å². The summed E-state index contributed by atoms with van der Waals surface area (Å²) in [5, 5.41) is 0.856. The summed E-state index contributed by atoms with van der Waals surface area (Å²) < 4.78 is 0. The Morgan fingerprint density at radius 3 is 1.91 bits per heavy atom. The third-order valence-electron chi connectivity index (χ3n) is 7.09. The number of fused-ring (bicyclic) bond motifs is 2. The Morgan fingerprint density at radius 1 is 0.829 bits per heavy atom. The molecule has 2 N–H and O–H groups in total. The molecule has 3 aromatic rings. The van der Waals surface area contributed by atoms with Gasteiger partial charge in [0, 0.05) is 10.0 Å². The normalized spacial score (nSPS) is 20.1. The molecule has 0 unspecified atom stereocenters. The van der Waals surface area contributed by atoms with Crippen molar-refractivity contribution in [2.45, 2.75) is 36.9 Å². The Balaban J connectivity index is 1.71. The lowest BCUT2D eigenvalue weighted by atomic mass is 9.79. The van der Waals surface area contributed by atoms with Crippen LogP contribution in [0.3, 0.4) is 0 Å². The lowest BCUT2D eigenvalue weighted by Crippen LogP contribution is -2.60. The summed E-state index contributed by atoms with van der Waals surface area (Å²) in [4.78, 5) is 28.2. The number of rotatable bonds is 3. The van der Waals surface area contributed by atoms with Gasteiger partial charge in [-0.1, -0.05) is 83.9 Å². The van der Waals surface area contributed by atoms with Crippen LogP contribution >= 0.6 is 23.2 Å². The van der Waals surface area contributed by atoms with E-state index in [9.17, 15) is 4.79 Å². The molecule has 0 radical (unpaired) electrons. The van der Waals surface area contributed by atoms with Gasteiger partial charge >= 0.3 is 0 Å². The molecule has 176 valence electrons. The van der Waals surface area contributed by atoms with Crippen molar-refractivity contribution in [2.75, 3.05) is 4.90 Å². The van der Waals surface area contributed by atoms with Crippen LogP contribution in [0.25, 0.3) is 0 Å². The van der Waals surface area contributed by atoms with E-state index in [1.807, 2.05) is 60.7 Å². The lowest BCUT2D eigenvalue weighted by molar-refractivity contribution is -0.125. The highest BCUT2D eigenvalue weighted by Gasteiger charge is 2.66. The standard InChI is InChI=1S/C27H23Cl2N5O/c28-20-15-21(29)17-22(16-20)33-23(35)27(18-9-3-1-4-10-18,19-11-5-2-6-12-19)34-25(33)31-24(30)32-26(34)13-7-8-14-26/h1-6,9-12,15-17H,7-8,13-14H2,(H2,30,32). The van der Waals surface area contributed by atoms with Gasteiger partial charge in [-0.05, 0) is 55.0 Å². The van der Waals surface area contributed by atoms with Crippen LogP contribution in [0.15, 0.2) is 88.8 Å². The van der Waals surface area contributed by atoms with Gasteiger partial charge in [-0.15, -0.1) is 0 Å². The van der Waals surface area contributed by atoms with Crippen LogP contribution in [0.1, 0.15) is 36.8 Å². The fourth-order valence-electron chi connectivity index (χ4n) is 5.80. The zero-order valence-corrected chi connectivity index (χ0v) is 20.4. The maximum atomic E-state index is 14.9. The highest BCUT2D eigenvalue weighted by Crippen LogP contribution is 2.53. The summed E-state index contributed by atoms with van der Waals surface area (Å²) >= 11 is 12.8. The fourth-order valence-corrected chi connectivity index (χ4v) is 6.31. The van der Waals surface area contributed by atoms with Gasteiger partial charge in [0.15, 0.2) is 5.54 Å². The van der Waals surface area contributed by atoms with Gasteiger partial charge in [-0.25, -0.2) is 9.89 Å². The monoisotopic (exact) mass is 503 g/mol. The second-order valence-electron chi connectivity index (χ2n) is 9.12. The van der Waals surface area contributed by atoms with Crippen LogP contribution in [0.5, 0.6) is 0 Å². The molecule has 0 bridgehead atoms. The van der Waals surface area contributed by atoms with Crippen molar-refractivity contribution in [3.8, 4) is 0 Å². The van der Waals surface area contributed by atoms with E-state index in [2.05, 4.69) is 9.89 Å². The van der Waals surface area contributed by atoms with Crippen molar-refractivity contribution in [1.82, 2.24) is 4.90 Å². The molecule has 2 heterocycles. The van der Waals surface area contributed by atoms with Crippen molar-refractivity contribution in [3.05, 3.63) is 100 Å². The quantitative estimate of drug-likeness (QED) is 0.509. The number of anilines is 1. The van der Waals surface area contributed by atoms with E-state index in [1.54, 1.807) is 23.1 Å². The van der Waals surface area contributed by atoms with E-state index >= 15 is 0 Å². The average molecular weight is 504 g/mol. The molecule has 8 heteroatoms. The predicted octanol–water partition coefficient (Wildman–Crippen LogP) is 5.54. The molecule has 1 saturated heterocycles. The average Bonchev–Trinajstić information content (AvgIpc) is 3.40. The van der Waals surface area contributed by atoms with Gasteiger partial charge in [0.25, 0.3) is 5.91 Å². The minimum Gasteiger partial charge on any atom is -0.368 e. The molecule has 1 aliphatic carbocycles. The van der Waals surface area contributed by atoms with E-state index in [0.29, 0.717) is 21.7 Å². The third kappa shape index (κ3) is 3.20. The Labute approximate surface area is 213 Å². The summed E-state index contributed by atoms with van der Waals surface area (Å²) in [7, 11) is 0. The van der Waals surface area contributed by atoms with Crippen molar-refractivity contribution in [3.63, 3.8) is 0 Å². The molecule has 0 atom stereocenters. The second kappa shape index (κ2) is 8.11. The number of carbonyl (C=O) groups excluding carboxylic acids is 1. The maximum absolute atomic E-state index is 14.9. The number of hydrogen-bond acceptors (Lipinski definition) is 5. The number of hydrogen-bond donors (Lipinski definition) is 1. The highest BCUT2D eigenvalue weighted by molar-refractivity contribution is 6.36. The van der Waals surface area contributed by atoms with Crippen LogP contribution in [0, 0.1) is 0 Å². The Hall–Kier alpha value is -3.35. The lowest BCUT2D eigenvalue weighted by Gasteiger charge is -2.47. The minimum absolute atomic E-state index is 0.168. The third-order valence-corrected chi connectivity index (χ3v) is 7.53. The largest absolute Gasteiger partial charge is 0.368 e. The second-order valence-corrected chi connectivity index (χ2v) is 9.99. The molecular formula is C27H23Cl2N5O. The highest BCUT2D eigenvalue weighted by atomic mass is 35.5. The first-order chi connectivity index (χ1) is 17.0. The van der Waals surface area contributed by atoms with Crippen molar-refractivity contribution >= 4 is 46.7 Å². The van der Waals surface area contributed by atoms with E-state index in [0.717, 1.165) is 36.8 Å². The predicted molar refractivity (Wildman–Crippen MR) is 140 cm³/mol. The first-order valence-electron chi connectivity index (χ1n) is 11.6. The molecule has 0 aromatic heterocycles. The van der Waals surface area contributed by atoms with E-state index in [1.165, 1.54) is 0 Å². The first-order valence-corrected chi connectivity index (χ1v) is 12.4. The smallest absolute Gasteiger partial charge is 0.269 e. The molecule has 1 amide bonds. The van der Waals surface area contributed by atoms with Gasteiger partial charge in [0.05, 0.1) is 5.69 Å². The van der Waals surface area contributed by atoms with Crippen LogP contribution in [0.4, 0.5) is 5.69 Å². The van der Waals surface area contributed by atoms with E-state index in [4.69, 9.17) is 33.9 Å². The Morgan fingerprint density at radius 2 is 1.37 bits per heavy atom. The van der Waals surface area contributed by atoms with Gasteiger partial charge < -0.3 is 5.73 Å². The number of aliphatic imine (C=N–C) groups is 2. The summed E-state index contributed by atoms with van der Waals surface area (Å²) in [6.07, 6.45) is 3.51. The van der Waals surface area contributed by atoms with Crippen LogP contribution in [-0.2, 0) is 10.3 Å². The van der Waals surface area contributed by atoms with Crippen LogP contribution in [-0.4, -0.2) is 28.4 Å². The number of amides is 1. The summed E-state index contributed by atoms with van der Waals surface area (Å²) in [5.41, 5.74) is 6.61. The maximum Gasteiger partial charge on any atom is 0.269 e. The summed E-state index contributed by atoms with van der Waals surface area (Å²) in [6, 6.07) is 24.7. The molecule has 1 spiro atoms. The molecule has 2 fully saturated rings. The van der Waals surface area contributed by atoms with Crippen molar-refractivity contribution in [1.29, 1.82) is 0 Å². The Kier molecular flexibility index (Phi) is 5.13. The molecule has 35 heavy (non-hydrogen) atoms. The fraction of sp³-hybridized carbons (Fsp3) is 0.222. The van der Waals surface area contributed by atoms with Gasteiger partial charge in [-0.3, -0.25) is 9.69 Å². The zero-order chi connectivity index (χ0) is 24.2. The number of benzene rings is 3. The van der Waals surface area contributed by atoms with Gasteiger partial charge in [0.1, 0.15) is 5.66 Å². The van der Waals surface area contributed by atoms with E-state index in [-0.39, 0.29) is 11.9 Å². The zero-order valence-electron chi connectivity index (χ0n) is 18.9. The van der Waals surface area contributed by atoms with Crippen molar-refractivity contribution in [2.24, 2.45) is 15.7 Å². The summed E-state index contributed by atoms with van der Waals surface area (Å²) in [6.45, 7) is 0. The van der Waals surface area contributed by atoms with Crippen LogP contribution < -0.4 is 10.6 Å². The van der Waals surface area contributed by atoms with E-state index < -0.39 is 11.2 Å². The van der Waals surface area contributed by atoms with Crippen LogP contribution in [0.2, 0.25) is 10.0 Å². The molecule has 1 saturated carbocycles. The number of halogens is 2. The SMILES string of the molecule is NC1=NC2(CCCC2)N2C(=N1)N(c1cc(Cl)cc(Cl)c1)C(=O)C2(c1ccccc1)c1ccccc1. The number of nitrogens with two attached hydrogens (primary N) is 1. The minimum atomic E-state index is -1.20. The topological polar surface area (TPSA) is 74.3 Å². The number of guanidine groups is 2. The number of nitrogens with zero attached hydrogens (tertiary/aromatic N) is 4. The van der Waals surface area contributed by atoms with Gasteiger partial charge in [-0.2, -0.15) is 4.99 Å². The number of carbonyl (C=O) groups is 1. The molecule has 3 aliphatic rings. The first kappa shape index (κ1) is 22.1. The molecule has 3 aromatic carbocycles.